The summed E-state index contributed by atoms with van der Waals surface area (Å²) in [5.41, 5.74) is 4.43. The fourth-order valence-electron chi connectivity index (χ4n) is 3.96. The van der Waals surface area contributed by atoms with Gasteiger partial charge in [0.05, 0.1) is 0 Å². The highest BCUT2D eigenvalue weighted by Gasteiger charge is 2.30. The number of carboxylic acid groups (broad SMARTS) is 1. The first-order chi connectivity index (χ1) is 15.4. The number of alkyl carbamates (subject to hydrolysis) is 1. The second-order valence-corrected chi connectivity index (χ2v) is 7.82. The van der Waals surface area contributed by atoms with Crippen LogP contribution in [0.4, 0.5) is 4.79 Å². The van der Waals surface area contributed by atoms with E-state index in [2.05, 4.69) is 22.8 Å². The van der Waals surface area contributed by atoms with Crippen molar-refractivity contribution in [2.45, 2.75) is 24.8 Å². The van der Waals surface area contributed by atoms with E-state index >= 15 is 0 Å². The van der Waals surface area contributed by atoms with Crippen LogP contribution in [0.15, 0.2) is 48.5 Å². The monoisotopic (exact) mass is 439 g/mol. The molecule has 0 radical (unpaired) electrons. The molecule has 1 aliphatic rings. The Morgan fingerprint density at radius 2 is 1.66 bits per heavy atom. The number of carbonyl (C=O) groups excluding carboxylic acids is 2. The Morgan fingerprint density at radius 1 is 1.06 bits per heavy atom. The smallest absolute Gasteiger partial charge is 0.407 e. The van der Waals surface area contributed by atoms with Gasteiger partial charge in [-0.25, -0.2) is 4.79 Å². The van der Waals surface area contributed by atoms with Gasteiger partial charge in [0.2, 0.25) is 5.91 Å². The lowest BCUT2D eigenvalue weighted by molar-refractivity contribution is -0.137. The number of fused-ring (bicyclic) bond motifs is 3. The summed E-state index contributed by atoms with van der Waals surface area (Å²) in [6, 6.07) is 15.1. The van der Waals surface area contributed by atoms with Gasteiger partial charge in [-0.05, 0) is 35.7 Å². The van der Waals surface area contributed by atoms with E-state index in [0.717, 1.165) is 22.3 Å². The molecule has 0 aromatic heterocycles. The van der Waals surface area contributed by atoms with Crippen LogP contribution in [0.25, 0.3) is 11.1 Å². The van der Waals surface area contributed by atoms with E-state index in [4.69, 9.17) is 9.84 Å². The molecule has 0 spiro atoms. The molecule has 2 aromatic carbocycles. The molecule has 1 atom stereocenters. The molecule has 0 bridgehead atoms. The van der Waals surface area contributed by atoms with Crippen molar-refractivity contribution in [1.29, 1.82) is 0 Å². The van der Waals surface area contributed by atoms with Gasteiger partial charge in [0, 0.05) is 32.5 Å². The number of hydrogen-bond donors (Lipinski definition) is 3. The van der Waals surface area contributed by atoms with E-state index in [0.29, 0.717) is 13.1 Å². The van der Waals surface area contributed by atoms with Gasteiger partial charge in [-0.1, -0.05) is 48.5 Å². The molecule has 170 valence electrons. The van der Waals surface area contributed by atoms with Crippen molar-refractivity contribution < 1.29 is 24.2 Å². The molecule has 0 saturated heterocycles. The third-order valence-corrected chi connectivity index (χ3v) is 5.65. The van der Waals surface area contributed by atoms with Crippen LogP contribution in [-0.4, -0.2) is 67.8 Å². The van der Waals surface area contributed by atoms with Gasteiger partial charge in [0.25, 0.3) is 0 Å². The van der Waals surface area contributed by atoms with Crippen LogP contribution in [0.1, 0.15) is 29.9 Å². The van der Waals surface area contributed by atoms with E-state index in [1.807, 2.05) is 36.4 Å². The maximum absolute atomic E-state index is 12.7. The molecule has 1 aliphatic carbocycles. The van der Waals surface area contributed by atoms with Crippen molar-refractivity contribution in [3.05, 3.63) is 59.7 Å². The van der Waals surface area contributed by atoms with Gasteiger partial charge in [-0.2, -0.15) is 0 Å². The highest BCUT2D eigenvalue weighted by molar-refractivity contribution is 5.86. The van der Waals surface area contributed by atoms with Crippen LogP contribution >= 0.6 is 0 Å². The summed E-state index contributed by atoms with van der Waals surface area (Å²) in [5, 5.41) is 14.5. The Morgan fingerprint density at radius 3 is 2.22 bits per heavy atom. The number of aliphatic carboxylic acids is 1. The molecule has 0 aliphatic heterocycles. The minimum Gasteiger partial charge on any atom is -0.481 e. The molecular weight excluding hydrogens is 410 g/mol. The highest BCUT2D eigenvalue weighted by atomic mass is 16.5. The number of nitrogens with zero attached hydrogens (tertiary/aromatic N) is 1. The number of rotatable bonds is 10. The van der Waals surface area contributed by atoms with Crippen LogP contribution in [0, 0.1) is 0 Å². The lowest BCUT2D eigenvalue weighted by Gasteiger charge is -2.24. The number of amides is 2. The standard InChI is InChI=1S/C24H29N3O5/c1-25-13-14-27(2)23(30)21(11-12-22(28)29)26-24(31)32-15-20-18-9-5-3-7-16(18)17-8-4-6-10-19(17)20/h3-10,20-21,25H,11-15H2,1-2H3,(H,26,31)(H,28,29). The SMILES string of the molecule is CNCCN(C)C(=O)C(CCC(=O)O)NC(=O)OCC1c2ccccc2-c2ccccc21. The summed E-state index contributed by atoms with van der Waals surface area (Å²) < 4.78 is 5.51. The zero-order valence-electron chi connectivity index (χ0n) is 18.3. The van der Waals surface area contributed by atoms with Crippen LogP contribution in [0.2, 0.25) is 0 Å². The van der Waals surface area contributed by atoms with E-state index in [9.17, 15) is 14.4 Å². The Bertz CT molecular complexity index is 932. The summed E-state index contributed by atoms with van der Waals surface area (Å²) >= 11 is 0. The largest absolute Gasteiger partial charge is 0.481 e. The molecule has 2 aromatic rings. The van der Waals surface area contributed by atoms with Crippen molar-refractivity contribution in [2.75, 3.05) is 33.8 Å². The van der Waals surface area contributed by atoms with Crippen LogP contribution in [0.5, 0.6) is 0 Å². The van der Waals surface area contributed by atoms with E-state index in [1.54, 1.807) is 14.1 Å². The van der Waals surface area contributed by atoms with E-state index in [-0.39, 0.29) is 31.3 Å². The van der Waals surface area contributed by atoms with Crippen molar-refractivity contribution in [3.8, 4) is 11.1 Å². The lowest BCUT2D eigenvalue weighted by Crippen LogP contribution is -2.49. The number of likely N-dealkylation sites (N-methyl/N-ethyl adjacent to an activating group) is 2. The lowest BCUT2D eigenvalue weighted by atomic mass is 9.98. The van der Waals surface area contributed by atoms with Gasteiger partial charge < -0.3 is 25.4 Å². The average molecular weight is 440 g/mol. The van der Waals surface area contributed by atoms with E-state index < -0.39 is 18.1 Å². The van der Waals surface area contributed by atoms with Gasteiger partial charge >= 0.3 is 12.1 Å². The maximum atomic E-state index is 12.7. The summed E-state index contributed by atoms with van der Waals surface area (Å²) in [7, 11) is 3.39. The fraction of sp³-hybridized carbons (Fsp3) is 0.375. The van der Waals surface area contributed by atoms with Crippen molar-refractivity contribution in [1.82, 2.24) is 15.5 Å². The molecule has 8 nitrogen and oxygen atoms in total. The number of carbonyl (C=O) groups is 3. The Labute approximate surface area is 187 Å². The predicted octanol–water partition coefficient (Wildman–Crippen LogP) is 2.44. The van der Waals surface area contributed by atoms with Crippen LogP contribution in [-0.2, 0) is 14.3 Å². The van der Waals surface area contributed by atoms with Gasteiger partial charge in [-0.3, -0.25) is 9.59 Å². The number of nitrogens with one attached hydrogen (secondary N) is 2. The van der Waals surface area contributed by atoms with Crippen molar-refractivity contribution >= 4 is 18.0 Å². The summed E-state index contributed by atoms with van der Waals surface area (Å²) in [6.07, 6.45) is -0.986. The Kier molecular flexibility index (Phi) is 7.83. The molecule has 32 heavy (non-hydrogen) atoms. The third kappa shape index (κ3) is 5.45. The number of ether oxygens (including phenoxy) is 1. The summed E-state index contributed by atoms with van der Waals surface area (Å²) in [6.45, 7) is 1.14. The number of carboxylic acids is 1. The molecule has 8 heteroatoms. The van der Waals surface area contributed by atoms with Crippen LogP contribution < -0.4 is 10.6 Å². The Hall–Kier alpha value is -3.39. The highest BCUT2D eigenvalue weighted by Crippen LogP contribution is 2.44. The Balaban J connectivity index is 1.66. The fourth-order valence-corrected chi connectivity index (χ4v) is 3.96. The zero-order chi connectivity index (χ0) is 23.1. The maximum Gasteiger partial charge on any atom is 0.407 e. The van der Waals surface area contributed by atoms with Gasteiger partial charge in [0.1, 0.15) is 12.6 Å². The molecular formula is C24H29N3O5. The third-order valence-electron chi connectivity index (χ3n) is 5.65. The second-order valence-electron chi connectivity index (χ2n) is 7.82. The topological polar surface area (TPSA) is 108 Å². The molecule has 2 amide bonds. The van der Waals surface area contributed by atoms with Crippen molar-refractivity contribution in [3.63, 3.8) is 0 Å². The average Bonchev–Trinajstić information content (AvgIpc) is 3.12. The zero-order valence-corrected chi connectivity index (χ0v) is 18.3. The van der Waals surface area contributed by atoms with Gasteiger partial charge in [-0.15, -0.1) is 0 Å². The van der Waals surface area contributed by atoms with Crippen LogP contribution in [0.3, 0.4) is 0 Å². The number of hydrogen-bond acceptors (Lipinski definition) is 5. The molecule has 3 N–H and O–H groups in total. The van der Waals surface area contributed by atoms with Crippen molar-refractivity contribution in [2.24, 2.45) is 0 Å². The molecule has 3 rings (SSSR count). The van der Waals surface area contributed by atoms with E-state index in [1.165, 1.54) is 4.90 Å². The van der Waals surface area contributed by atoms with Gasteiger partial charge in [0.15, 0.2) is 0 Å². The molecule has 0 heterocycles. The summed E-state index contributed by atoms with van der Waals surface area (Å²) in [5.74, 6) is -1.48. The normalized spacial score (nSPS) is 13.1. The summed E-state index contributed by atoms with van der Waals surface area (Å²) in [4.78, 5) is 37.7. The molecule has 0 saturated carbocycles. The first-order valence-corrected chi connectivity index (χ1v) is 10.6. The second kappa shape index (κ2) is 10.8. The predicted molar refractivity (Wildman–Crippen MR) is 120 cm³/mol. The quantitative estimate of drug-likeness (QED) is 0.525. The number of benzene rings is 2. The first kappa shape index (κ1) is 23.3. The molecule has 1 unspecified atom stereocenters. The minimum atomic E-state index is -1.03. The first-order valence-electron chi connectivity index (χ1n) is 10.6. The molecule has 0 fully saturated rings. The minimum absolute atomic E-state index is 0.0117.